The second-order valence-corrected chi connectivity index (χ2v) is 5.97. The van der Waals surface area contributed by atoms with Crippen LogP contribution in [-0.2, 0) is 6.54 Å². The zero-order valence-electron chi connectivity index (χ0n) is 12.8. The third-order valence-corrected chi connectivity index (χ3v) is 4.38. The number of hydrogen-bond acceptors (Lipinski definition) is 3. The minimum Gasteiger partial charge on any atom is -0.467 e. The Morgan fingerprint density at radius 2 is 1.82 bits per heavy atom. The summed E-state index contributed by atoms with van der Waals surface area (Å²) in [6, 6.07) is 14.3. The average Bonchev–Trinajstić information content (AvgIpc) is 3.05. The summed E-state index contributed by atoms with van der Waals surface area (Å²) < 4.78 is 5.28. The van der Waals surface area contributed by atoms with Crippen LogP contribution in [0.15, 0.2) is 53.1 Å². The number of hydrogen-bond donors (Lipinski definition) is 1. The third-order valence-electron chi connectivity index (χ3n) is 4.38. The van der Waals surface area contributed by atoms with E-state index in [0.29, 0.717) is 11.7 Å². The van der Waals surface area contributed by atoms with Crippen molar-refractivity contribution >= 4 is 0 Å². The average molecular weight is 303 g/mol. The van der Waals surface area contributed by atoms with Gasteiger partial charge >= 0.3 is 0 Å². The van der Waals surface area contributed by atoms with Gasteiger partial charge in [0.05, 0.1) is 6.26 Å². The van der Waals surface area contributed by atoms with Crippen molar-refractivity contribution < 1.29 is 15.0 Å². The van der Waals surface area contributed by atoms with Crippen LogP contribution in [-0.4, -0.2) is 28.6 Å². The zero-order valence-corrected chi connectivity index (χ0v) is 12.8. The first kappa shape index (κ1) is 16.7. The van der Waals surface area contributed by atoms with Crippen LogP contribution in [0.4, 0.5) is 0 Å². The molecule has 1 unspecified atom stereocenters. The van der Waals surface area contributed by atoms with Gasteiger partial charge in [0.15, 0.2) is 0 Å². The third kappa shape index (κ3) is 4.44. The van der Waals surface area contributed by atoms with Crippen LogP contribution in [0.5, 0.6) is 0 Å². The summed E-state index contributed by atoms with van der Waals surface area (Å²) in [6.45, 7) is 3.27. The van der Waals surface area contributed by atoms with Gasteiger partial charge in [0.25, 0.3) is 0 Å². The lowest BCUT2D eigenvalue weighted by Gasteiger charge is -2.32. The number of furan rings is 1. The van der Waals surface area contributed by atoms with Crippen LogP contribution < -0.4 is 0 Å². The molecule has 4 nitrogen and oxygen atoms in total. The molecule has 1 atom stereocenters. The standard InChI is InChI=1S/C18H23NO2.H2O/c20-17(18-7-4-12-21-18)13-15-8-10-19(11-9-15)14-16-5-2-1-3-6-16;/h1-7,12,15,17,20H,8-11,13-14H2;1H2. The van der Waals surface area contributed by atoms with Crippen molar-refractivity contribution in [3.63, 3.8) is 0 Å². The molecule has 2 aromatic rings. The molecule has 1 aliphatic rings. The molecule has 120 valence electrons. The number of likely N-dealkylation sites (tertiary alicyclic amines) is 1. The quantitative estimate of drug-likeness (QED) is 0.923. The first-order valence-electron chi connectivity index (χ1n) is 7.79. The molecule has 1 aromatic carbocycles. The second-order valence-electron chi connectivity index (χ2n) is 5.97. The minimum absolute atomic E-state index is 0. The first-order valence-corrected chi connectivity index (χ1v) is 7.79. The van der Waals surface area contributed by atoms with Gasteiger partial charge in [0, 0.05) is 6.54 Å². The van der Waals surface area contributed by atoms with E-state index in [-0.39, 0.29) is 5.48 Å². The van der Waals surface area contributed by atoms with Gasteiger partial charge in [0.1, 0.15) is 11.9 Å². The predicted octanol–water partition coefficient (Wildman–Crippen LogP) is 2.79. The molecule has 22 heavy (non-hydrogen) atoms. The molecule has 0 amide bonds. The Morgan fingerprint density at radius 3 is 2.45 bits per heavy atom. The van der Waals surface area contributed by atoms with E-state index in [0.717, 1.165) is 38.9 Å². The second kappa shape index (κ2) is 8.13. The number of benzene rings is 1. The minimum atomic E-state index is -0.453. The van der Waals surface area contributed by atoms with Crippen LogP contribution in [0.3, 0.4) is 0 Å². The molecule has 0 spiro atoms. The summed E-state index contributed by atoms with van der Waals surface area (Å²) >= 11 is 0. The van der Waals surface area contributed by atoms with E-state index >= 15 is 0 Å². The zero-order chi connectivity index (χ0) is 14.5. The monoisotopic (exact) mass is 303 g/mol. The lowest BCUT2D eigenvalue weighted by Crippen LogP contribution is -2.33. The Bertz CT molecular complexity index is 519. The normalized spacial score (nSPS) is 17.9. The molecule has 0 radical (unpaired) electrons. The maximum atomic E-state index is 10.2. The fourth-order valence-corrected chi connectivity index (χ4v) is 3.13. The van der Waals surface area contributed by atoms with Crippen molar-refractivity contribution in [2.75, 3.05) is 13.1 Å². The van der Waals surface area contributed by atoms with Crippen LogP contribution in [0.1, 0.15) is 36.7 Å². The van der Waals surface area contributed by atoms with Crippen LogP contribution >= 0.6 is 0 Å². The van der Waals surface area contributed by atoms with Gasteiger partial charge in [-0.3, -0.25) is 4.90 Å². The largest absolute Gasteiger partial charge is 0.467 e. The molecule has 1 fully saturated rings. The van der Waals surface area contributed by atoms with Crippen molar-refractivity contribution in [2.24, 2.45) is 5.92 Å². The highest BCUT2D eigenvalue weighted by atomic mass is 16.4. The summed E-state index contributed by atoms with van der Waals surface area (Å²) in [5.74, 6) is 1.29. The number of nitrogens with zero attached hydrogens (tertiary/aromatic N) is 1. The predicted molar refractivity (Wildman–Crippen MR) is 86.3 cm³/mol. The van der Waals surface area contributed by atoms with Gasteiger partial charge in [0.2, 0.25) is 0 Å². The van der Waals surface area contributed by atoms with Crippen LogP contribution in [0.25, 0.3) is 0 Å². The Hall–Kier alpha value is -1.62. The molecule has 1 aromatic heterocycles. The number of piperidine rings is 1. The van der Waals surface area contributed by atoms with Crippen LogP contribution in [0.2, 0.25) is 0 Å². The number of aliphatic hydroxyl groups is 1. The van der Waals surface area contributed by atoms with Gasteiger partial charge in [-0.05, 0) is 56.0 Å². The Balaban J connectivity index is 0.00000176. The molecule has 1 saturated heterocycles. The van der Waals surface area contributed by atoms with Crippen molar-refractivity contribution in [2.45, 2.75) is 31.9 Å². The number of rotatable bonds is 5. The van der Waals surface area contributed by atoms with E-state index < -0.39 is 6.10 Å². The molecule has 0 bridgehead atoms. The highest BCUT2D eigenvalue weighted by Crippen LogP contribution is 2.28. The summed E-state index contributed by atoms with van der Waals surface area (Å²) in [6.07, 6.45) is 4.30. The molecule has 2 heterocycles. The maximum Gasteiger partial charge on any atom is 0.132 e. The Labute approximate surface area is 131 Å². The van der Waals surface area contributed by atoms with E-state index in [1.54, 1.807) is 6.26 Å². The maximum absolute atomic E-state index is 10.2. The summed E-state index contributed by atoms with van der Waals surface area (Å²) in [7, 11) is 0. The molecule has 4 heteroatoms. The molecule has 1 aliphatic heterocycles. The topological polar surface area (TPSA) is 68.1 Å². The molecular formula is C18H25NO3. The lowest BCUT2D eigenvalue weighted by molar-refractivity contribution is 0.0906. The summed E-state index contributed by atoms with van der Waals surface area (Å²) in [5.41, 5.74) is 1.38. The van der Waals surface area contributed by atoms with Gasteiger partial charge < -0.3 is 15.0 Å². The van der Waals surface area contributed by atoms with Crippen molar-refractivity contribution in [3.8, 4) is 0 Å². The molecule has 3 N–H and O–H groups in total. The summed E-state index contributed by atoms with van der Waals surface area (Å²) in [5, 5.41) is 10.2. The van der Waals surface area contributed by atoms with Crippen molar-refractivity contribution in [1.29, 1.82) is 0 Å². The van der Waals surface area contributed by atoms with E-state index in [1.165, 1.54) is 5.56 Å². The van der Waals surface area contributed by atoms with Crippen molar-refractivity contribution in [1.82, 2.24) is 4.90 Å². The fraction of sp³-hybridized carbons (Fsp3) is 0.444. The van der Waals surface area contributed by atoms with Gasteiger partial charge in [-0.2, -0.15) is 0 Å². The van der Waals surface area contributed by atoms with Crippen LogP contribution in [0, 0.1) is 5.92 Å². The van der Waals surface area contributed by atoms with E-state index in [9.17, 15) is 5.11 Å². The summed E-state index contributed by atoms with van der Waals surface area (Å²) in [4.78, 5) is 2.51. The Kier molecular flexibility index (Phi) is 6.19. The van der Waals surface area contributed by atoms with E-state index in [4.69, 9.17) is 4.42 Å². The Morgan fingerprint density at radius 1 is 1.09 bits per heavy atom. The highest BCUT2D eigenvalue weighted by molar-refractivity contribution is 5.14. The fourth-order valence-electron chi connectivity index (χ4n) is 3.13. The molecular weight excluding hydrogens is 278 g/mol. The van der Waals surface area contributed by atoms with Gasteiger partial charge in [-0.15, -0.1) is 0 Å². The number of aliphatic hydroxyl groups excluding tert-OH is 1. The van der Waals surface area contributed by atoms with Gasteiger partial charge in [-0.25, -0.2) is 0 Å². The smallest absolute Gasteiger partial charge is 0.132 e. The molecule has 0 saturated carbocycles. The van der Waals surface area contributed by atoms with E-state index in [2.05, 4.69) is 35.2 Å². The molecule has 3 rings (SSSR count). The SMILES string of the molecule is O.OC(CC1CCN(Cc2ccccc2)CC1)c1ccco1. The first-order chi connectivity index (χ1) is 10.3. The highest BCUT2D eigenvalue weighted by Gasteiger charge is 2.23. The van der Waals surface area contributed by atoms with Gasteiger partial charge in [-0.1, -0.05) is 30.3 Å². The van der Waals surface area contributed by atoms with Crippen molar-refractivity contribution in [3.05, 3.63) is 60.1 Å². The lowest BCUT2D eigenvalue weighted by atomic mass is 9.90. The molecule has 0 aliphatic carbocycles. The van der Waals surface area contributed by atoms with E-state index in [1.807, 2.05) is 12.1 Å².